The molecule has 0 aromatic heterocycles. The Balaban J connectivity index is 2.03. The second-order valence-corrected chi connectivity index (χ2v) is 5.41. The monoisotopic (exact) mass is 236 g/mol. The SMILES string of the molecule is CCSc1cccc(NC(=O)C2(N)CC2)c1. The van der Waals surface area contributed by atoms with Crippen molar-refractivity contribution in [3.63, 3.8) is 0 Å². The maximum atomic E-state index is 11.7. The number of thioether (sulfide) groups is 1. The van der Waals surface area contributed by atoms with Gasteiger partial charge in [-0.2, -0.15) is 0 Å². The highest BCUT2D eigenvalue weighted by Crippen LogP contribution is 2.33. The van der Waals surface area contributed by atoms with Crippen LogP contribution >= 0.6 is 11.8 Å². The summed E-state index contributed by atoms with van der Waals surface area (Å²) in [6.07, 6.45) is 1.59. The zero-order valence-electron chi connectivity index (χ0n) is 9.32. The number of hydrogen-bond acceptors (Lipinski definition) is 3. The fourth-order valence-corrected chi connectivity index (χ4v) is 2.17. The Labute approximate surface area is 99.8 Å². The smallest absolute Gasteiger partial charge is 0.244 e. The van der Waals surface area contributed by atoms with Gasteiger partial charge < -0.3 is 11.1 Å². The molecule has 0 bridgehead atoms. The van der Waals surface area contributed by atoms with Crippen LogP contribution in [-0.4, -0.2) is 17.2 Å². The molecule has 0 atom stereocenters. The first-order valence-corrected chi connectivity index (χ1v) is 6.46. The zero-order chi connectivity index (χ0) is 11.6. The highest BCUT2D eigenvalue weighted by atomic mass is 32.2. The number of carbonyl (C=O) groups is 1. The van der Waals surface area contributed by atoms with Crippen LogP contribution < -0.4 is 11.1 Å². The summed E-state index contributed by atoms with van der Waals surface area (Å²) in [7, 11) is 0. The van der Waals surface area contributed by atoms with Crippen molar-refractivity contribution < 1.29 is 4.79 Å². The molecular weight excluding hydrogens is 220 g/mol. The van der Waals surface area contributed by atoms with Crippen molar-refractivity contribution >= 4 is 23.4 Å². The third-order valence-corrected chi connectivity index (χ3v) is 3.52. The van der Waals surface area contributed by atoms with E-state index in [9.17, 15) is 4.79 Å². The molecule has 1 aliphatic rings. The highest BCUT2D eigenvalue weighted by molar-refractivity contribution is 7.99. The van der Waals surface area contributed by atoms with E-state index < -0.39 is 5.54 Å². The molecule has 1 amide bonds. The molecule has 0 radical (unpaired) electrons. The first-order chi connectivity index (χ1) is 7.64. The molecule has 3 N–H and O–H groups in total. The molecule has 0 heterocycles. The third-order valence-electron chi connectivity index (χ3n) is 2.64. The van der Waals surface area contributed by atoms with E-state index in [4.69, 9.17) is 5.73 Å². The Morgan fingerprint density at radius 1 is 1.56 bits per heavy atom. The molecule has 86 valence electrons. The van der Waals surface area contributed by atoms with Crippen LogP contribution in [0.5, 0.6) is 0 Å². The number of rotatable bonds is 4. The quantitative estimate of drug-likeness (QED) is 0.788. The molecule has 1 aromatic carbocycles. The fraction of sp³-hybridized carbons (Fsp3) is 0.417. The molecule has 0 saturated heterocycles. The van der Waals surface area contributed by atoms with Gasteiger partial charge in [0.2, 0.25) is 5.91 Å². The van der Waals surface area contributed by atoms with E-state index in [1.54, 1.807) is 11.8 Å². The lowest BCUT2D eigenvalue weighted by atomic mass is 10.2. The molecule has 0 aliphatic heterocycles. The predicted octanol–water partition coefficient (Wildman–Crippen LogP) is 2.23. The standard InChI is InChI=1S/C12H16N2OS/c1-2-16-10-5-3-4-9(8-10)14-11(15)12(13)6-7-12/h3-5,8H,2,6-7,13H2,1H3,(H,14,15). The average molecular weight is 236 g/mol. The lowest BCUT2D eigenvalue weighted by Crippen LogP contribution is -2.37. The summed E-state index contributed by atoms with van der Waals surface area (Å²) in [6.45, 7) is 2.11. The van der Waals surface area contributed by atoms with E-state index in [2.05, 4.69) is 12.2 Å². The Bertz CT molecular complexity index is 402. The van der Waals surface area contributed by atoms with Gasteiger partial charge in [0, 0.05) is 10.6 Å². The molecule has 1 fully saturated rings. The normalized spacial score (nSPS) is 16.9. The lowest BCUT2D eigenvalue weighted by molar-refractivity contribution is -0.118. The van der Waals surface area contributed by atoms with Gasteiger partial charge in [-0.25, -0.2) is 0 Å². The molecule has 2 rings (SSSR count). The second kappa shape index (κ2) is 4.47. The van der Waals surface area contributed by atoms with Gasteiger partial charge in [-0.15, -0.1) is 11.8 Å². The van der Waals surface area contributed by atoms with E-state index in [1.807, 2.05) is 24.3 Å². The van der Waals surface area contributed by atoms with Crippen molar-refractivity contribution in [1.82, 2.24) is 0 Å². The van der Waals surface area contributed by atoms with Crippen LogP contribution in [0, 0.1) is 0 Å². The van der Waals surface area contributed by atoms with Gasteiger partial charge in [-0.3, -0.25) is 4.79 Å². The van der Waals surface area contributed by atoms with Gasteiger partial charge in [-0.05, 0) is 36.8 Å². The minimum absolute atomic E-state index is 0.0638. The number of carbonyl (C=O) groups excluding carboxylic acids is 1. The van der Waals surface area contributed by atoms with E-state index in [1.165, 1.54) is 4.90 Å². The molecule has 0 unspecified atom stereocenters. The van der Waals surface area contributed by atoms with E-state index in [0.717, 1.165) is 24.3 Å². The number of nitrogens with two attached hydrogens (primary N) is 1. The van der Waals surface area contributed by atoms with Crippen LogP contribution in [0.25, 0.3) is 0 Å². The Hall–Kier alpha value is -1.00. The first kappa shape index (κ1) is 11.5. The molecule has 16 heavy (non-hydrogen) atoms. The maximum absolute atomic E-state index is 11.7. The van der Waals surface area contributed by atoms with Crippen LogP contribution in [0.1, 0.15) is 19.8 Å². The molecular formula is C12H16N2OS. The predicted molar refractivity (Wildman–Crippen MR) is 67.6 cm³/mol. The largest absolute Gasteiger partial charge is 0.324 e. The summed E-state index contributed by atoms with van der Waals surface area (Å²) < 4.78 is 0. The van der Waals surface area contributed by atoms with Gasteiger partial charge in [0.05, 0.1) is 5.54 Å². The summed E-state index contributed by atoms with van der Waals surface area (Å²) in [6, 6.07) is 7.87. The summed E-state index contributed by atoms with van der Waals surface area (Å²) in [5, 5.41) is 2.87. The topological polar surface area (TPSA) is 55.1 Å². The van der Waals surface area contributed by atoms with Crippen LogP contribution in [0.15, 0.2) is 29.2 Å². The van der Waals surface area contributed by atoms with E-state index >= 15 is 0 Å². The van der Waals surface area contributed by atoms with Crippen molar-refractivity contribution in [3.05, 3.63) is 24.3 Å². The number of hydrogen-bond donors (Lipinski definition) is 2. The maximum Gasteiger partial charge on any atom is 0.244 e. The van der Waals surface area contributed by atoms with Gasteiger partial charge >= 0.3 is 0 Å². The van der Waals surface area contributed by atoms with Crippen LogP contribution in [-0.2, 0) is 4.79 Å². The third kappa shape index (κ3) is 2.57. The summed E-state index contributed by atoms with van der Waals surface area (Å²) in [5.74, 6) is 0.962. The molecule has 1 saturated carbocycles. The Morgan fingerprint density at radius 2 is 2.31 bits per heavy atom. The summed E-state index contributed by atoms with van der Waals surface area (Å²) in [4.78, 5) is 12.9. The minimum Gasteiger partial charge on any atom is -0.324 e. The minimum atomic E-state index is -0.603. The van der Waals surface area contributed by atoms with Gasteiger partial charge in [0.1, 0.15) is 0 Å². The molecule has 4 heteroatoms. The summed E-state index contributed by atoms with van der Waals surface area (Å²) >= 11 is 1.76. The van der Waals surface area contributed by atoms with Gasteiger partial charge in [0.25, 0.3) is 0 Å². The fourth-order valence-electron chi connectivity index (χ4n) is 1.45. The van der Waals surface area contributed by atoms with Crippen molar-refractivity contribution in [2.24, 2.45) is 5.73 Å². The van der Waals surface area contributed by atoms with Gasteiger partial charge in [0.15, 0.2) is 0 Å². The highest BCUT2D eigenvalue weighted by Gasteiger charge is 2.45. The van der Waals surface area contributed by atoms with E-state index in [-0.39, 0.29) is 5.91 Å². The number of nitrogens with one attached hydrogen (secondary N) is 1. The molecule has 1 aromatic rings. The van der Waals surface area contributed by atoms with Crippen molar-refractivity contribution in [2.75, 3.05) is 11.1 Å². The number of benzene rings is 1. The van der Waals surface area contributed by atoms with E-state index in [0.29, 0.717) is 0 Å². The van der Waals surface area contributed by atoms with Crippen LogP contribution in [0.4, 0.5) is 5.69 Å². The lowest BCUT2D eigenvalue weighted by Gasteiger charge is -2.10. The number of amides is 1. The molecule has 0 spiro atoms. The zero-order valence-corrected chi connectivity index (χ0v) is 10.1. The van der Waals surface area contributed by atoms with Crippen molar-refractivity contribution in [3.8, 4) is 0 Å². The van der Waals surface area contributed by atoms with Crippen LogP contribution in [0.3, 0.4) is 0 Å². The average Bonchev–Trinajstić information content (AvgIpc) is 2.99. The number of anilines is 1. The molecule has 3 nitrogen and oxygen atoms in total. The molecule has 1 aliphatic carbocycles. The summed E-state index contributed by atoms with van der Waals surface area (Å²) in [5.41, 5.74) is 6.05. The second-order valence-electron chi connectivity index (χ2n) is 4.07. The Morgan fingerprint density at radius 3 is 2.94 bits per heavy atom. The Kier molecular flexibility index (Phi) is 3.21. The van der Waals surface area contributed by atoms with Gasteiger partial charge in [-0.1, -0.05) is 13.0 Å². The van der Waals surface area contributed by atoms with Crippen molar-refractivity contribution in [1.29, 1.82) is 0 Å². The van der Waals surface area contributed by atoms with Crippen LogP contribution in [0.2, 0.25) is 0 Å². The first-order valence-electron chi connectivity index (χ1n) is 5.47. The van der Waals surface area contributed by atoms with Crippen molar-refractivity contribution in [2.45, 2.75) is 30.2 Å².